The van der Waals surface area contributed by atoms with Crippen molar-refractivity contribution in [2.75, 3.05) is 13.4 Å². The Bertz CT molecular complexity index is 804. The largest absolute Gasteiger partial charge is 0.484 e. The van der Waals surface area contributed by atoms with Crippen molar-refractivity contribution >= 4 is 11.9 Å². The second-order valence-corrected chi connectivity index (χ2v) is 5.52. The number of benzene rings is 2. The van der Waals surface area contributed by atoms with Crippen molar-refractivity contribution < 1.29 is 28.9 Å². The van der Waals surface area contributed by atoms with Gasteiger partial charge in [0.25, 0.3) is 5.91 Å². The molecule has 7 heteroatoms. The van der Waals surface area contributed by atoms with E-state index in [9.17, 15) is 9.59 Å². The minimum atomic E-state index is -1.05. The first-order valence-corrected chi connectivity index (χ1v) is 7.68. The van der Waals surface area contributed by atoms with Gasteiger partial charge in [-0.1, -0.05) is 12.1 Å². The molecule has 130 valence electrons. The number of nitrogens with one attached hydrogen (secondary N) is 1. The van der Waals surface area contributed by atoms with E-state index in [1.54, 1.807) is 18.2 Å². The molecule has 1 amide bonds. The zero-order chi connectivity index (χ0) is 17.8. The first-order valence-electron chi connectivity index (χ1n) is 7.68. The Kier molecular flexibility index (Phi) is 4.74. The standard InChI is InChI=1S/C18H17NO6/c1-11(12-5-6-15-16(8-12)25-10-24-15)19-17(20)9-23-14-4-2-3-13(7-14)18(21)22/h2-8,11H,9-10H2,1H3,(H,19,20)(H,21,22). The van der Waals surface area contributed by atoms with Crippen molar-refractivity contribution in [3.05, 3.63) is 53.6 Å². The van der Waals surface area contributed by atoms with Crippen LogP contribution in [-0.2, 0) is 4.79 Å². The second kappa shape index (κ2) is 7.12. The normalized spacial score (nSPS) is 13.2. The molecule has 1 heterocycles. The van der Waals surface area contributed by atoms with E-state index in [1.165, 1.54) is 12.1 Å². The summed E-state index contributed by atoms with van der Waals surface area (Å²) in [5.41, 5.74) is 0.983. The second-order valence-electron chi connectivity index (χ2n) is 5.52. The lowest BCUT2D eigenvalue weighted by molar-refractivity contribution is -0.123. The first kappa shape index (κ1) is 16.6. The van der Waals surface area contributed by atoms with Gasteiger partial charge in [-0.2, -0.15) is 0 Å². The average Bonchev–Trinajstić information content (AvgIpc) is 3.07. The molecule has 0 bridgehead atoms. The van der Waals surface area contributed by atoms with Crippen LogP contribution in [0.1, 0.15) is 28.9 Å². The molecule has 1 aliphatic heterocycles. The Hall–Kier alpha value is -3.22. The summed E-state index contributed by atoms with van der Waals surface area (Å²) >= 11 is 0. The maximum absolute atomic E-state index is 12.0. The van der Waals surface area contributed by atoms with Crippen LogP contribution in [0, 0.1) is 0 Å². The van der Waals surface area contributed by atoms with Crippen molar-refractivity contribution in [2.24, 2.45) is 0 Å². The van der Waals surface area contributed by atoms with E-state index < -0.39 is 5.97 Å². The van der Waals surface area contributed by atoms with Crippen molar-refractivity contribution in [2.45, 2.75) is 13.0 Å². The minimum Gasteiger partial charge on any atom is -0.484 e. The van der Waals surface area contributed by atoms with Gasteiger partial charge in [0.2, 0.25) is 6.79 Å². The van der Waals surface area contributed by atoms with E-state index in [-0.39, 0.29) is 30.9 Å². The Morgan fingerprint density at radius 1 is 1.20 bits per heavy atom. The zero-order valence-electron chi connectivity index (χ0n) is 13.5. The molecule has 25 heavy (non-hydrogen) atoms. The number of rotatable bonds is 6. The molecule has 1 atom stereocenters. The number of aromatic carboxylic acids is 1. The third-order valence-electron chi connectivity index (χ3n) is 3.73. The Morgan fingerprint density at radius 2 is 2.00 bits per heavy atom. The van der Waals surface area contributed by atoms with Crippen LogP contribution in [0.25, 0.3) is 0 Å². The molecular formula is C18H17NO6. The van der Waals surface area contributed by atoms with Gasteiger partial charge in [0.15, 0.2) is 18.1 Å². The van der Waals surface area contributed by atoms with E-state index in [4.69, 9.17) is 19.3 Å². The fourth-order valence-corrected chi connectivity index (χ4v) is 2.42. The molecule has 0 saturated heterocycles. The highest BCUT2D eigenvalue weighted by atomic mass is 16.7. The van der Waals surface area contributed by atoms with E-state index in [1.807, 2.05) is 19.1 Å². The van der Waals surface area contributed by atoms with Gasteiger partial charge in [0.1, 0.15) is 5.75 Å². The van der Waals surface area contributed by atoms with Crippen LogP contribution in [0.2, 0.25) is 0 Å². The summed E-state index contributed by atoms with van der Waals surface area (Å²) in [7, 11) is 0. The van der Waals surface area contributed by atoms with E-state index >= 15 is 0 Å². The van der Waals surface area contributed by atoms with Gasteiger partial charge in [-0.05, 0) is 42.8 Å². The molecular weight excluding hydrogens is 326 g/mol. The summed E-state index contributed by atoms with van der Waals surface area (Å²) in [6.07, 6.45) is 0. The third kappa shape index (κ3) is 4.00. The molecule has 2 aromatic carbocycles. The van der Waals surface area contributed by atoms with Crippen molar-refractivity contribution in [3.8, 4) is 17.2 Å². The number of carbonyl (C=O) groups excluding carboxylic acids is 1. The zero-order valence-corrected chi connectivity index (χ0v) is 13.5. The Labute approximate surface area is 144 Å². The summed E-state index contributed by atoms with van der Waals surface area (Å²) in [5.74, 6) is 0.298. The topological polar surface area (TPSA) is 94.1 Å². The molecule has 0 saturated carbocycles. The number of ether oxygens (including phenoxy) is 3. The van der Waals surface area contributed by atoms with Crippen LogP contribution in [0.15, 0.2) is 42.5 Å². The summed E-state index contributed by atoms with van der Waals surface area (Å²) in [6, 6.07) is 11.2. The monoisotopic (exact) mass is 343 g/mol. The van der Waals surface area contributed by atoms with Gasteiger partial charge in [-0.3, -0.25) is 4.79 Å². The summed E-state index contributed by atoms with van der Waals surface area (Å²) in [4.78, 5) is 23.0. The highest BCUT2D eigenvalue weighted by Gasteiger charge is 2.17. The lowest BCUT2D eigenvalue weighted by atomic mass is 10.1. The number of carboxylic acids is 1. The fraction of sp³-hybridized carbons (Fsp3) is 0.222. The minimum absolute atomic E-state index is 0.103. The average molecular weight is 343 g/mol. The maximum atomic E-state index is 12.0. The third-order valence-corrected chi connectivity index (χ3v) is 3.73. The Morgan fingerprint density at radius 3 is 2.80 bits per heavy atom. The molecule has 0 fully saturated rings. The first-order chi connectivity index (χ1) is 12.0. The highest BCUT2D eigenvalue weighted by Crippen LogP contribution is 2.34. The fourth-order valence-electron chi connectivity index (χ4n) is 2.42. The number of carboxylic acid groups (broad SMARTS) is 1. The number of hydrogen-bond acceptors (Lipinski definition) is 5. The van der Waals surface area contributed by atoms with E-state index in [0.29, 0.717) is 17.2 Å². The number of amides is 1. The van der Waals surface area contributed by atoms with Crippen LogP contribution in [0.4, 0.5) is 0 Å². The van der Waals surface area contributed by atoms with Gasteiger partial charge in [0, 0.05) is 0 Å². The maximum Gasteiger partial charge on any atom is 0.335 e. The summed E-state index contributed by atoms with van der Waals surface area (Å²) in [5, 5.41) is 11.8. The molecule has 1 aliphatic rings. The smallest absolute Gasteiger partial charge is 0.335 e. The van der Waals surface area contributed by atoms with Gasteiger partial charge < -0.3 is 24.6 Å². The van der Waals surface area contributed by atoms with E-state index in [2.05, 4.69) is 5.32 Å². The Balaban J connectivity index is 1.55. The predicted molar refractivity (Wildman–Crippen MR) is 88.0 cm³/mol. The van der Waals surface area contributed by atoms with Gasteiger partial charge in [0.05, 0.1) is 11.6 Å². The van der Waals surface area contributed by atoms with Crippen LogP contribution < -0.4 is 19.5 Å². The van der Waals surface area contributed by atoms with Crippen LogP contribution >= 0.6 is 0 Å². The number of fused-ring (bicyclic) bond motifs is 1. The highest BCUT2D eigenvalue weighted by molar-refractivity contribution is 5.88. The lowest BCUT2D eigenvalue weighted by Gasteiger charge is -2.15. The summed E-state index contributed by atoms with van der Waals surface area (Å²) in [6.45, 7) is 1.83. The van der Waals surface area contributed by atoms with Crippen LogP contribution in [0.5, 0.6) is 17.2 Å². The molecule has 7 nitrogen and oxygen atoms in total. The molecule has 1 unspecified atom stereocenters. The number of carbonyl (C=O) groups is 2. The quantitative estimate of drug-likeness (QED) is 0.836. The van der Waals surface area contributed by atoms with Crippen molar-refractivity contribution in [3.63, 3.8) is 0 Å². The van der Waals surface area contributed by atoms with E-state index in [0.717, 1.165) is 5.56 Å². The molecule has 0 spiro atoms. The van der Waals surface area contributed by atoms with Crippen LogP contribution in [-0.4, -0.2) is 30.4 Å². The van der Waals surface area contributed by atoms with Gasteiger partial charge >= 0.3 is 5.97 Å². The van der Waals surface area contributed by atoms with Crippen LogP contribution in [0.3, 0.4) is 0 Å². The molecule has 2 aromatic rings. The van der Waals surface area contributed by atoms with Crippen molar-refractivity contribution in [1.29, 1.82) is 0 Å². The SMILES string of the molecule is CC(NC(=O)COc1cccc(C(=O)O)c1)c1ccc2c(c1)OCO2. The van der Waals surface area contributed by atoms with Gasteiger partial charge in [-0.15, -0.1) is 0 Å². The molecule has 2 N–H and O–H groups in total. The molecule has 3 rings (SSSR count). The molecule has 0 aromatic heterocycles. The molecule has 0 radical (unpaired) electrons. The predicted octanol–water partition coefficient (Wildman–Crippen LogP) is 2.37. The lowest BCUT2D eigenvalue weighted by Crippen LogP contribution is -2.31. The van der Waals surface area contributed by atoms with Gasteiger partial charge in [-0.25, -0.2) is 4.79 Å². The molecule has 0 aliphatic carbocycles. The summed E-state index contributed by atoms with van der Waals surface area (Å²) < 4.78 is 15.9. The van der Waals surface area contributed by atoms with Crippen molar-refractivity contribution in [1.82, 2.24) is 5.32 Å². The number of hydrogen-bond donors (Lipinski definition) is 2.